The normalized spacial score (nSPS) is 15.8. The lowest BCUT2D eigenvalue weighted by atomic mass is 10.3. The van der Waals surface area contributed by atoms with Crippen molar-refractivity contribution in [1.29, 1.82) is 0 Å². The minimum Gasteiger partial charge on any atom is -1.00 e. The van der Waals surface area contributed by atoms with Gasteiger partial charge in [0.05, 0.1) is 0 Å². The Balaban J connectivity index is 0.00000259. The number of likely N-dealkylation sites (tertiary alicyclic amines) is 1. The number of hydrogen-bond acceptors (Lipinski definition) is 2. The molecule has 1 amide bonds. The van der Waals surface area contributed by atoms with Gasteiger partial charge in [0.25, 0.3) is 5.91 Å². The molecule has 33 heavy (non-hydrogen) atoms. The summed E-state index contributed by atoms with van der Waals surface area (Å²) in [6.07, 6.45) is 4.48. The Bertz CT molecular complexity index is 1080. The second-order valence-corrected chi connectivity index (χ2v) is 11.8. The smallest absolute Gasteiger partial charge is 0.264 e. The van der Waals surface area contributed by atoms with Crippen LogP contribution in [0.2, 0.25) is 0 Å². The Morgan fingerprint density at radius 2 is 1.27 bits per heavy atom. The van der Waals surface area contributed by atoms with Gasteiger partial charge in [0, 0.05) is 31.9 Å². The summed E-state index contributed by atoms with van der Waals surface area (Å²) in [6.45, 7) is 1.38. The number of hydrogen-bond donors (Lipinski definition) is 0. The number of pyridine rings is 1. The molecule has 1 atom stereocenters. The van der Waals surface area contributed by atoms with Crippen molar-refractivity contribution in [2.24, 2.45) is 0 Å². The Morgan fingerprint density at radius 3 is 1.73 bits per heavy atom. The summed E-state index contributed by atoms with van der Waals surface area (Å²) in [4.78, 5) is 20.3. The maximum atomic E-state index is 14.0. The van der Waals surface area contributed by atoms with Crippen molar-refractivity contribution in [3.8, 4) is 0 Å². The summed E-state index contributed by atoms with van der Waals surface area (Å²) in [5.74, 6) is 0.249. The van der Waals surface area contributed by atoms with Gasteiger partial charge in [-0.15, -0.1) is 0 Å². The molecule has 0 spiro atoms. The summed E-state index contributed by atoms with van der Waals surface area (Å²) in [5, 5.41) is 3.79. The maximum absolute atomic E-state index is 14.0. The Kier molecular flexibility index (Phi) is 7.37. The molecule has 5 rings (SSSR count). The predicted octanol–water partition coefficient (Wildman–Crippen LogP) is 1.18. The molecule has 0 radical (unpaired) electrons. The van der Waals surface area contributed by atoms with Crippen molar-refractivity contribution < 1.29 is 21.8 Å². The van der Waals surface area contributed by atoms with Gasteiger partial charge in [0.1, 0.15) is 23.2 Å². The molecule has 0 aliphatic carbocycles. The molecule has 1 aromatic heterocycles. The number of amides is 1. The van der Waals surface area contributed by atoms with Crippen LogP contribution in [0.25, 0.3) is 0 Å². The molecule has 1 saturated heterocycles. The van der Waals surface area contributed by atoms with Gasteiger partial charge in [0.2, 0.25) is 0 Å². The van der Waals surface area contributed by atoms with Gasteiger partial charge in [-0.1, -0.05) is 60.7 Å². The topological polar surface area (TPSA) is 33.2 Å². The first kappa shape index (κ1) is 23.4. The van der Waals surface area contributed by atoms with Crippen LogP contribution in [0.15, 0.2) is 116 Å². The fourth-order valence-electron chi connectivity index (χ4n) is 4.93. The Labute approximate surface area is 206 Å². The first-order valence-electron chi connectivity index (χ1n) is 11.0. The molecule has 1 unspecified atom stereocenters. The quantitative estimate of drug-likeness (QED) is 0.360. The van der Waals surface area contributed by atoms with Crippen LogP contribution < -0.4 is 32.9 Å². The second-order valence-electron chi connectivity index (χ2n) is 8.15. The van der Waals surface area contributed by atoms with Gasteiger partial charge in [-0.25, -0.2) is 0 Å². The van der Waals surface area contributed by atoms with Gasteiger partial charge in [-0.3, -0.25) is 9.78 Å². The van der Waals surface area contributed by atoms with E-state index in [1.807, 2.05) is 23.2 Å². The largest absolute Gasteiger partial charge is 1.00 e. The zero-order valence-corrected chi connectivity index (χ0v) is 20.8. The summed E-state index contributed by atoms with van der Waals surface area (Å²) < 4.78 is 0. The van der Waals surface area contributed by atoms with Crippen molar-refractivity contribution in [1.82, 2.24) is 9.88 Å². The van der Waals surface area contributed by atoms with Crippen molar-refractivity contribution in [3.05, 3.63) is 121 Å². The molecule has 3 nitrogen and oxygen atoms in total. The van der Waals surface area contributed by atoms with E-state index in [1.165, 1.54) is 15.9 Å². The first-order chi connectivity index (χ1) is 15.8. The summed E-state index contributed by atoms with van der Waals surface area (Å²) in [5.41, 5.74) is 0.996. The minimum atomic E-state index is -2.21. The fraction of sp³-hybridized carbons (Fsp3) is 0.143. The summed E-state index contributed by atoms with van der Waals surface area (Å²) >= 11 is 0. The molecule has 1 aliphatic heterocycles. The van der Waals surface area contributed by atoms with E-state index in [1.54, 1.807) is 6.20 Å². The highest BCUT2D eigenvalue weighted by molar-refractivity contribution is 7.96. The van der Waals surface area contributed by atoms with E-state index in [-0.39, 0.29) is 28.5 Å². The SMILES string of the molecule is O=C1C([P+](c2ccccc2)(c2ccccc2)c2ccccc2)CCN1Cc1cccnc1.[Br-]. The molecule has 3 aromatic carbocycles. The highest BCUT2D eigenvalue weighted by atomic mass is 79.9. The van der Waals surface area contributed by atoms with Crippen LogP contribution in [0.1, 0.15) is 12.0 Å². The third kappa shape index (κ3) is 4.38. The minimum absolute atomic E-state index is 0. The van der Waals surface area contributed by atoms with Crippen LogP contribution in [-0.4, -0.2) is 28.0 Å². The van der Waals surface area contributed by atoms with E-state index in [0.717, 1.165) is 18.5 Å². The molecule has 5 heteroatoms. The Hall–Kier alpha value is -2.81. The van der Waals surface area contributed by atoms with Gasteiger partial charge >= 0.3 is 0 Å². The van der Waals surface area contributed by atoms with E-state index in [2.05, 4.69) is 96.0 Å². The van der Waals surface area contributed by atoms with E-state index in [9.17, 15) is 4.79 Å². The molecule has 2 heterocycles. The number of carbonyl (C=O) groups excluding carboxylic acids is 1. The Morgan fingerprint density at radius 1 is 0.758 bits per heavy atom. The zero-order chi connectivity index (χ0) is 21.8. The lowest BCUT2D eigenvalue weighted by Crippen LogP contribution is -3.00. The molecule has 0 bridgehead atoms. The molecule has 4 aromatic rings. The summed E-state index contributed by atoms with van der Waals surface area (Å²) in [7, 11) is -2.21. The van der Waals surface area contributed by atoms with Crippen LogP contribution in [-0.2, 0) is 11.3 Å². The number of nitrogens with zero attached hydrogens (tertiary/aromatic N) is 2. The van der Waals surface area contributed by atoms with E-state index >= 15 is 0 Å². The highest BCUT2D eigenvalue weighted by Gasteiger charge is 2.58. The van der Waals surface area contributed by atoms with Gasteiger partial charge in [-0.05, 0) is 48.0 Å². The lowest BCUT2D eigenvalue weighted by molar-refractivity contribution is -0.127. The van der Waals surface area contributed by atoms with Crippen LogP contribution in [0.5, 0.6) is 0 Å². The standard InChI is InChI=1S/C28H26N2OP.BrH/c31-28-27(18-20-30(28)22-23-11-10-19-29-21-23)32(24-12-4-1-5-13-24,25-14-6-2-7-15-25)26-16-8-3-9-17-26;/h1-17,19,21,27H,18,20,22H2;1H/q+1;/p-1. The maximum Gasteiger partial charge on any atom is 0.264 e. The van der Waals surface area contributed by atoms with Crippen molar-refractivity contribution in [3.63, 3.8) is 0 Å². The van der Waals surface area contributed by atoms with Gasteiger partial charge in [-0.2, -0.15) is 0 Å². The molecule has 166 valence electrons. The van der Waals surface area contributed by atoms with Crippen LogP contribution in [0.4, 0.5) is 0 Å². The molecule has 0 saturated carbocycles. The summed E-state index contributed by atoms with van der Waals surface area (Å²) in [6, 6.07) is 36.0. The van der Waals surface area contributed by atoms with E-state index in [4.69, 9.17) is 0 Å². The zero-order valence-electron chi connectivity index (χ0n) is 18.3. The molecule has 0 N–H and O–H groups in total. The third-order valence-electron chi connectivity index (χ3n) is 6.32. The molecular formula is C28H26BrN2OP. The van der Waals surface area contributed by atoms with E-state index in [0.29, 0.717) is 6.54 Å². The third-order valence-corrected chi connectivity index (χ3v) is 11.1. The van der Waals surface area contributed by atoms with Crippen LogP contribution in [0, 0.1) is 0 Å². The van der Waals surface area contributed by atoms with Crippen LogP contribution >= 0.6 is 7.26 Å². The number of aromatic nitrogens is 1. The fourth-order valence-corrected chi connectivity index (χ4v) is 9.83. The molecule has 1 fully saturated rings. The van der Waals surface area contributed by atoms with Crippen molar-refractivity contribution in [2.45, 2.75) is 18.6 Å². The van der Waals surface area contributed by atoms with Crippen molar-refractivity contribution in [2.75, 3.05) is 6.54 Å². The first-order valence-corrected chi connectivity index (χ1v) is 12.9. The average molecular weight is 517 g/mol. The highest BCUT2D eigenvalue weighted by Crippen LogP contribution is 2.62. The van der Waals surface area contributed by atoms with Gasteiger partial charge in [0.15, 0.2) is 5.66 Å². The van der Waals surface area contributed by atoms with Crippen molar-refractivity contribution >= 4 is 29.1 Å². The monoisotopic (exact) mass is 516 g/mol. The van der Waals surface area contributed by atoms with E-state index < -0.39 is 7.26 Å². The number of benzene rings is 3. The average Bonchev–Trinajstić information content (AvgIpc) is 3.22. The lowest BCUT2D eigenvalue weighted by Gasteiger charge is -2.32. The molecule has 1 aliphatic rings. The number of halogens is 1. The predicted molar refractivity (Wildman–Crippen MR) is 133 cm³/mol. The number of carbonyl (C=O) groups is 1. The molecular weight excluding hydrogens is 491 g/mol. The van der Waals surface area contributed by atoms with Crippen LogP contribution in [0.3, 0.4) is 0 Å². The second kappa shape index (κ2) is 10.4. The van der Waals surface area contributed by atoms with Gasteiger partial charge < -0.3 is 21.9 Å². The number of rotatable bonds is 6.